The van der Waals surface area contributed by atoms with Crippen LogP contribution in [0.4, 0.5) is 0 Å². The summed E-state index contributed by atoms with van der Waals surface area (Å²) in [5.41, 5.74) is -6.78. The van der Waals surface area contributed by atoms with Crippen LogP contribution in [0.15, 0.2) is 78.9 Å². The van der Waals surface area contributed by atoms with Crippen molar-refractivity contribution < 1.29 is 44.4 Å². The number of rotatable bonds is 7. The molecule has 1 fully saturated rings. The molecule has 0 aromatic heterocycles. The van der Waals surface area contributed by atoms with E-state index >= 15 is 0 Å². The second kappa shape index (κ2) is 12.4. The van der Waals surface area contributed by atoms with Gasteiger partial charge in [0.2, 0.25) is 11.6 Å². The van der Waals surface area contributed by atoms with Gasteiger partial charge in [-0.1, -0.05) is 78.3 Å². The second-order valence-corrected chi connectivity index (χ2v) is 10.9. The number of likely N-dealkylation sites (tertiary alicyclic amines) is 1. The Morgan fingerprint density at radius 1 is 0.814 bits per heavy atom. The summed E-state index contributed by atoms with van der Waals surface area (Å²) in [7, 11) is 2.13. The fraction of sp³-hybridized carbons (Fsp3) is 0.258. The summed E-state index contributed by atoms with van der Waals surface area (Å²) in [5.74, 6) is -7.04. The van der Waals surface area contributed by atoms with E-state index in [4.69, 9.17) is 11.6 Å². The number of fused-ring (bicyclic) bond motifs is 3. The van der Waals surface area contributed by atoms with E-state index < -0.39 is 45.8 Å². The average Bonchev–Trinajstić information content (AvgIpc) is 3.33. The zero-order chi connectivity index (χ0) is 31.5. The standard InChI is InChI=1S/C18H14O8.C13H15ClN2O/c19-13(11-7-3-1-4-8-11)17(25,15(21)22)18(26,16(23)24)14(20)12-9-5-2-6-10-12;1-16-6-8-5-15-13(17)11-4-9(14)2-3-10(11)12(8)7-16/h1-10,25-26H,(H,21,22)(H,23,24);2-4,8,12H,5-7H2,1H3,(H,15,17)/t17-,18-;8-,12-/m10/s1. The summed E-state index contributed by atoms with van der Waals surface area (Å²) < 4.78 is 0. The molecule has 1 amide bonds. The quantitative estimate of drug-likeness (QED) is 0.197. The summed E-state index contributed by atoms with van der Waals surface area (Å²) in [6.45, 7) is 2.83. The van der Waals surface area contributed by atoms with Crippen molar-refractivity contribution in [3.05, 3.63) is 106 Å². The van der Waals surface area contributed by atoms with Crippen molar-refractivity contribution in [1.82, 2.24) is 10.2 Å². The number of halogens is 1. The number of carboxylic acid groups (broad SMARTS) is 2. The number of amides is 1. The van der Waals surface area contributed by atoms with E-state index in [-0.39, 0.29) is 5.91 Å². The van der Waals surface area contributed by atoms with E-state index in [9.17, 15) is 44.4 Å². The van der Waals surface area contributed by atoms with Crippen LogP contribution >= 0.6 is 11.6 Å². The lowest BCUT2D eigenvalue weighted by molar-refractivity contribution is -0.187. The van der Waals surface area contributed by atoms with E-state index in [0.29, 0.717) is 16.9 Å². The van der Waals surface area contributed by atoms with Crippen molar-refractivity contribution in [3.63, 3.8) is 0 Å². The Hall–Kier alpha value is -4.42. The van der Waals surface area contributed by atoms with Gasteiger partial charge in [-0.2, -0.15) is 0 Å². The maximum absolute atomic E-state index is 12.6. The molecule has 3 aromatic rings. The molecule has 224 valence electrons. The number of carboxylic acids is 2. The van der Waals surface area contributed by atoms with Crippen LogP contribution in [-0.4, -0.2) is 92.6 Å². The molecule has 0 radical (unpaired) electrons. The maximum Gasteiger partial charge on any atom is 0.348 e. The van der Waals surface area contributed by atoms with Crippen molar-refractivity contribution in [2.24, 2.45) is 5.92 Å². The number of benzene rings is 3. The Bertz CT molecular complexity index is 1490. The van der Waals surface area contributed by atoms with E-state index in [1.807, 2.05) is 12.1 Å². The van der Waals surface area contributed by atoms with E-state index in [0.717, 1.165) is 55.0 Å². The Kier molecular flexibility index (Phi) is 9.12. The molecule has 2 aliphatic rings. The molecule has 0 spiro atoms. The fourth-order valence-electron chi connectivity index (χ4n) is 5.44. The van der Waals surface area contributed by atoms with Crippen LogP contribution < -0.4 is 5.32 Å². The molecule has 1 saturated heterocycles. The molecule has 2 aliphatic heterocycles. The van der Waals surface area contributed by atoms with Crippen LogP contribution in [0.25, 0.3) is 0 Å². The van der Waals surface area contributed by atoms with Crippen LogP contribution in [0.2, 0.25) is 5.02 Å². The molecule has 0 saturated carbocycles. The predicted octanol–water partition coefficient (Wildman–Crippen LogP) is 2.11. The normalized spacial score (nSPS) is 20.4. The van der Waals surface area contributed by atoms with Gasteiger partial charge in [0.1, 0.15) is 0 Å². The number of hydrogen-bond donors (Lipinski definition) is 5. The molecular weight excluding hydrogens is 580 g/mol. The third-order valence-corrected chi connectivity index (χ3v) is 7.91. The van der Waals surface area contributed by atoms with Crippen molar-refractivity contribution in [2.75, 3.05) is 26.7 Å². The van der Waals surface area contributed by atoms with Crippen molar-refractivity contribution in [1.29, 1.82) is 0 Å². The number of ketones is 2. The smallest absolute Gasteiger partial charge is 0.348 e. The van der Waals surface area contributed by atoms with E-state index in [1.165, 1.54) is 36.4 Å². The lowest BCUT2D eigenvalue weighted by Crippen LogP contribution is -2.71. The third kappa shape index (κ3) is 5.80. The van der Waals surface area contributed by atoms with Gasteiger partial charge in [-0.15, -0.1) is 0 Å². The first kappa shape index (κ1) is 31.5. The Balaban J connectivity index is 0.000000213. The number of aliphatic hydroxyl groups is 2. The van der Waals surface area contributed by atoms with Gasteiger partial charge < -0.3 is 30.6 Å². The van der Waals surface area contributed by atoms with Gasteiger partial charge in [-0.25, -0.2) is 9.59 Å². The van der Waals surface area contributed by atoms with Gasteiger partial charge in [-0.3, -0.25) is 14.4 Å². The van der Waals surface area contributed by atoms with Crippen LogP contribution in [-0.2, 0) is 9.59 Å². The minimum absolute atomic E-state index is 0.0135. The van der Waals surface area contributed by atoms with E-state index in [1.54, 1.807) is 6.07 Å². The summed E-state index contributed by atoms with van der Waals surface area (Å²) in [5, 5.41) is 43.5. The average molecular weight is 609 g/mol. The van der Waals surface area contributed by atoms with Gasteiger partial charge in [0.05, 0.1) is 0 Å². The number of nitrogens with zero attached hydrogens (tertiary/aromatic N) is 1. The molecule has 43 heavy (non-hydrogen) atoms. The first-order valence-corrected chi connectivity index (χ1v) is 13.6. The van der Waals surface area contributed by atoms with Gasteiger partial charge in [0.25, 0.3) is 17.1 Å². The Morgan fingerprint density at radius 3 is 1.77 bits per heavy atom. The summed E-state index contributed by atoms with van der Waals surface area (Å²) in [6, 6.07) is 18.5. The highest BCUT2D eigenvalue weighted by atomic mass is 35.5. The highest BCUT2D eigenvalue weighted by Crippen LogP contribution is 2.36. The third-order valence-electron chi connectivity index (χ3n) is 7.68. The van der Waals surface area contributed by atoms with Crippen LogP contribution in [0.5, 0.6) is 0 Å². The fourth-order valence-corrected chi connectivity index (χ4v) is 5.61. The van der Waals surface area contributed by atoms with Crippen molar-refractivity contribution >= 4 is 41.0 Å². The van der Waals surface area contributed by atoms with Crippen LogP contribution in [0, 0.1) is 5.92 Å². The SMILES string of the molecule is CN1C[C@@H]2CNC(=O)c3cc(Cl)ccc3[C@H]2C1.O=C(O)[C@](O)(C(=O)c1ccccc1)[C@](O)(C(=O)O)C(=O)c1ccccc1. The number of carbonyl (C=O) groups excluding carboxylic acids is 3. The monoisotopic (exact) mass is 608 g/mol. The number of hydrogen-bond acceptors (Lipinski definition) is 8. The Morgan fingerprint density at radius 2 is 1.30 bits per heavy atom. The van der Waals surface area contributed by atoms with Gasteiger partial charge >= 0.3 is 11.9 Å². The minimum atomic E-state index is -3.95. The predicted molar refractivity (Wildman–Crippen MR) is 154 cm³/mol. The number of carbonyl (C=O) groups is 5. The van der Waals surface area contributed by atoms with E-state index in [2.05, 4.69) is 17.3 Å². The van der Waals surface area contributed by atoms with Crippen molar-refractivity contribution in [3.8, 4) is 0 Å². The van der Waals surface area contributed by atoms with Crippen molar-refractivity contribution in [2.45, 2.75) is 17.1 Å². The number of Topliss-reactive ketones (excluding diaryl/α,β-unsaturated/α-hetero) is 2. The second-order valence-electron chi connectivity index (χ2n) is 10.5. The zero-order valence-electron chi connectivity index (χ0n) is 22.9. The molecular formula is C31H29ClN2O9. The zero-order valence-corrected chi connectivity index (χ0v) is 23.7. The molecule has 0 aliphatic carbocycles. The molecule has 12 heteroatoms. The Labute approximate surface area is 251 Å². The molecule has 0 unspecified atom stereocenters. The van der Waals surface area contributed by atoms with Gasteiger partial charge in [0.15, 0.2) is 0 Å². The van der Waals surface area contributed by atoms with Gasteiger partial charge in [0, 0.05) is 47.3 Å². The lowest BCUT2D eigenvalue weighted by atomic mass is 9.73. The molecule has 11 nitrogen and oxygen atoms in total. The molecule has 3 aromatic carbocycles. The molecule has 5 N–H and O–H groups in total. The summed E-state index contributed by atoms with van der Waals surface area (Å²) in [6.07, 6.45) is 0. The summed E-state index contributed by atoms with van der Waals surface area (Å²) >= 11 is 5.98. The lowest BCUT2D eigenvalue weighted by Gasteiger charge is -2.34. The molecule has 2 heterocycles. The molecule has 0 bridgehead atoms. The largest absolute Gasteiger partial charge is 0.479 e. The number of nitrogens with one attached hydrogen (secondary N) is 1. The highest BCUT2D eigenvalue weighted by Gasteiger charge is 2.69. The minimum Gasteiger partial charge on any atom is -0.479 e. The highest BCUT2D eigenvalue weighted by molar-refractivity contribution is 6.31. The first-order chi connectivity index (χ1) is 20.3. The summed E-state index contributed by atoms with van der Waals surface area (Å²) in [4.78, 5) is 62.8. The van der Waals surface area contributed by atoms with Crippen LogP contribution in [0.1, 0.15) is 42.6 Å². The molecule has 4 atom stereocenters. The first-order valence-electron chi connectivity index (χ1n) is 13.2. The number of likely N-dealkylation sites (N-methyl/N-ethyl adjacent to an activating group) is 1. The van der Waals surface area contributed by atoms with Crippen LogP contribution in [0.3, 0.4) is 0 Å². The van der Waals surface area contributed by atoms with Gasteiger partial charge in [-0.05, 0) is 30.7 Å². The number of aliphatic carboxylic acids is 2. The maximum atomic E-state index is 12.6. The molecule has 5 rings (SSSR count). The topological polar surface area (TPSA) is 182 Å².